The number of rotatable bonds is 3. The molecule has 1 aromatic heterocycles. The Morgan fingerprint density at radius 1 is 1.11 bits per heavy atom. The van der Waals surface area contributed by atoms with Gasteiger partial charge in [-0.05, 0) is 31.5 Å². The van der Waals surface area contributed by atoms with E-state index in [-0.39, 0.29) is 5.56 Å². The molecule has 142 valence electrons. The average Bonchev–Trinajstić information content (AvgIpc) is 2.68. The molecular formula is C21H21N5O2. The predicted octanol–water partition coefficient (Wildman–Crippen LogP) is 3.31. The summed E-state index contributed by atoms with van der Waals surface area (Å²) in [6.45, 7) is 3.82. The molecule has 0 unspecified atom stereocenters. The molecule has 0 radical (unpaired) electrons. The van der Waals surface area contributed by atoms with Crippen LogP contribution in [-0.4, -0.2) is 22.6 Å². The molecule has 3 aromatic rings. The summed E-state index contributed by atoms with van der Waals surface area (Å²) in [6.07, 6.45) is -0.519. The molecule has 28 heavy (non-hydrogen) atoms. The van der Waals surface area contributed by atoms with Crippen LogP contribution in [0.4, 0.5) is 11.6 Å². The number of anilines is 2. The van der Waals surface area contributed by atoms with Crippen molar-refractivity contribution >= 4 is 17.6 Å². The highest BCUT2D eigenvalue weighted by molar-refractivity contribution is 6.04. The van der Waals surface area contributed by atoms with E-state index in [0.29, 0.717) is 23.4 Å². The number of methoxy groups -OCH3 is 1. The number of ether oxygens (including phenoxy) is 1. The van der Waals surface area contributed by atoms with E-state index < -0.39 is 6.17 Å². The summed E-state index contributed by atoms with van der Waals surface area (Å²) >= 11 is 0. The van der Waals surface area contributed by atoms with Crippen LogP contribution < -0.4 is 20.9 Å². The number of benzene rings is 2. The highest BCUT2D eigenvalue weighted by Gasteiger charge is 2.25. The Labute approximate surface area is 162 Å². The van der Waals surface area contributed by atoms with Gasteiger partial charge in [0.15, 0.2) is 6.17 Å². The second kappa shape index (κ2) is 7.19. The lowest BCUT2D eigenvalue weighted by Gasteiger charge is -2.27. The fraction of sp³-hybridized carbons (Fsp3) is 0.190. The molecule has 1 aliphatic rings. The Morgan fingerprint density at radius 2 is 1.86 bits per heavy atom. The molecule has 0 saturated heterocycles. The van der Waals surface area contributed by atoms with Gasteiger partial charge in [0.25, 0.3) is 5.56 Å². The zero-order chi connectivity index (χ0) is 19.7. The fourth-order valence-electron chi connectivity index (χ4n) is 3.15. The quantitative estimate of drug-likeness (QED) is 0.734. The molecule has 7 nitrogen and oxygen atoms in total. The summed E-state index contributed by atoms with van der Waals surface area (Å²) in [4.78, 5) is 21.9. The minimum absolute atomic E-state index is 0.152. The van der Waals surface area contributed by atoms with Crippen molar-refractivity contribution in [1.29, 1.82) is 0 Å². The molecule has 0 aliphatic carbocycles. The third-order valence-corrected chi connectivity index (χ3v) is 4.54. The summed E-state index contributed by atoms with van der Waals surface area (Å²) in [5.74, 6) is 1.63. The van der Waals surface area contributed by atoms with Gasteiger partial charge in [0, 0.05) is 11.8 Å². The number of fused-ring (bicyclic) bond motifs is 1. The second-order valence-electron chi connectivity index (χ2n) is 6.64. The van der Waals surface area contributed by atoms with Gasteiger partial charge in [-0.1, -0.05) is 42.0 Å². The van der Waals surface area contributed by atoms with Gasteiger partial charge in [-0.25, -0.2) is 9.98 Å². The number of aliphatic imine (C=N–C) groups is 1. The third-order valence-electron chi connectivity index (χ3n) is 4.54. The van der Waals surface area contributed by atoms with Gasteiger partial charge in [0.05, 0.1) is 12.8 Å². The average molecular weight is 375 g/mol. The van der Waals surface area contributed by atoms with Gasteiger partial charge in [0.2, 0.25) is 11.9 Å². The van der Waals surface area contributed by atoms with E-state index in [1.165, 1.54) is 6.07 Å². The largest absolute Gasteiger partial charge is 0.495 e. The lowest BCUT2D eigenvalue weighted by molar-refractivity contribution is 0.417. The normalized spacial score (nSPS) is 15.2. The minimum Gasteiger partial charge on any atom is -0.495 e. The Balaban J connectivity index is 1.80. The van der Waals surface area contributed by atoms with Gasteiger partial charge in [0.1, 0.15) is 5.75 Å². The predicted molar refractivity (Wildman–Crippen MR) is 110 cm³/mol. The number of para-hydroxylation sites is 2. The summed E-state index contributed by atoms with van der Waals surface area (Å²) in [7, 11) is 1.62. The van der Waals surface area contributed by atoms with Gasteiger partial charge in [-0.3, -0.25) is 14.7 Å². The van der Waals surface area contributed by atoms with Gasteiger partial charge >= 0.3 is 0 Å². The van der Waals surface area contributed by atoms with Crippen LogP contribution in [-0.2, 0) is 0 Å². The molecular weight excluding hydrogens is 354 g/mol. The van der Waals surface area contributed by atoms with Crippen molar-refractivity contribution in [2.45, 2.75) is 20.0 Å². The molecule has 2 heterocycles. The van der Waals surface area contributed by atoms with Crippen molar-refractivity contribution < 1.29 is 4.74 Å². The Kier molecular flexibility index (Phi) is 4.57. The molecule has 0 fully saturated rings. The Morgan fingerprint density at radius 3 is 2.61 bits per heavy atom. The topological polar surface area (TPSA) is 80.5 Å². The lowest BCUT2D eigenvalue weighted by Crippen LogP contribution is -2.37. The van der Waals surface area contributed by atoms with Gasteiger partial charge in [-0.15, -0.1) is 0 Å². The van der Waals surface area contributed by atoms with Crippen LogP contribution in [0.1, 0.15) is 23.0 Å². The van der Waals surface area contributed by atoms with E-state index in [0.717, 1.165) is 16.8 Å². The fourth-order valence-corrected chi connectivity index (χ4v) is 3.15. The van der Waals surface area contributed by atoms with E-state index in [9.17, 15) is 4.79 Å². The van der Waals surface area contributed by atoms with Crippen LogP contribution in [0.25, 0.3) is 0 Å². The van der Waals surface area contributed by atoms with Crippen LogP contribution in [0.2, 0.25) is 0 Å². The first kappa shape index (κ1) is 17.8. The summed E-state index contributed by atoms with van der Waals surface area (Å²) in [5.41, 5.74) is 3.30. The molecule has 1 aliphatic heterocycles. The summed E-state index contributed by atoms with van der Waals surface area (Å²) in [6, 6.07) is 17.1. The van der Waals surface area contributed by atoms with Crippen molar-refractivity contribution in [3.8, 4) is 5.75 Å². The molecule has 0 bridgehead atoms. The Bertz CT molecular complexity index is 1100. The number of aryl methyl sites for hydroxylation is 2. The van der Waals surface area contributed by atoms with Gasteiger partial charge in [-0.2, -0.15) is 0 Å². The number of nitrogens with one attached hydrogen (secondary N) is 2. The van der Waals surface area contributed by atoms with E-state index in [1.54, 1.807) is 18.6 Å². The SMILES string of the molecule is COc1ccccc1NC1=N[C@@H](c2ccc(C)cc2)n2c(nc(C)cc2=O)N1. The van der Waals surface area contributed by atoms with Crippen molar-refractivity contribution in [3.63, 3.8) is 0 Å². The van der Waals surface area contributed by atoms with Crippen LogP contribution in [0.15, 0.2) is 64.4 Å². The van der Waals surface area contributed by atoms with E-state index >= 15 is 0 Å². The van der Waals surface area contributed by atoms with Gasteiger partial charge < -0.3 is 10.1 Å². The summed E-state index contributed by atoms with van der Waals surface area (Å²) in [5, 5.41) is 6.37. The van der Waals surface area contributed by atoms with Crippen LogP contribution in [0, 0.1) is 13.8 Å². The highest BCUT2D eigenvalue weighted by Crippen LogP contribution is 2.28. The zero-order valence-electron chi connectivity index (χ0n) is 15.9. The van der Waals surface area contributed by atoms with Crippen LogP contribution in [0.5, 0.6) is 5.75 Å². The highest BCUT2D eigenvalue weighted by atomic mass is 16.5. The first-order chi connectivity index (χ1) is 13.5. The van der Waals surface area contributed by atoms with E-state index in [4.69, 9.17) is 9.73 Å². The van der Waals surface area contributed by atoms with Crippen LogP contribution >= 0.6 is 0 Å². The molecule has 0 spiro atoms. The molecule has 0 saturated carbocycles. The summed E-state index contributed by atoms with van der Waals surface area (Å²) < 4.78 is 6.96. The maximum atomic E-state index is 12.7. The standard InChI is InChI=1S/C21H21N5O2/c1-13-8-10-15(11-9-13)19-24-20(23-16-6-4-5-7-17(16)28-3)25-21-22-14(2)12-18(27)26(19)21/h4-12,19H,1-3H3,(H2,22,23,24,25)/t19-/m1/s1. The maximum absolute atomic E-state index is 12.7. The van der Waals surface area contributed by atoms with Crippen molar-refractivity contribution in [3.05, 3.63) is 81.8 Å². The van der Waals surface area contributed by atoms with E-state index in [2.05, 4.69) is 15.6 Å². The van der Waals surface area contributed by atoms with Crippen molar-refractivity contribution in [2.75, 3.05) is 17.7 Å². The number of aromatic nitrogens is 2. The number of hydrogen-bond donors (Lipinski definition) is 2. The van der Waals surface area contributed by atoms with E-state index in [1.807, 2.05) is 55.5 Å². The zero-order valence-corrected chi connectivity index (χ0v) is 15.9. The second-order valence-corrected chi connectivity index (χ2v) is 6.64. The molecule has 1 atom stereocenters. The van der Waals surface area contributed by atoms with Crippen LogP contribution in [0.3, 0.4) is 0 Å². The molecule has 2 N–H and O–H groups in total. The Hall–Kier alpha value is -3.61. The molecule has 4 rings (SSSR count). The number of guanidine groups is 1. The maximum Gasteiger partial charge on any atom is 0.257 e. The molecule has 0 amide bonds. The number of nitrogens with zero attached hydrogens (tertiary/aromatic N) is 3. The molecule has 7 heteroatoms. The first-order valence-corrected chi connectivity index (χ1v) is 8.97. The van der Waals surface area contributed by atoms with Crippen molar-refractivity contribution in [1.82, 2.24) is 9.55 Å². The number of hydrogen-bond acceptors (Lipinski definition) is 6. The monoisotopic (exact) mass is 375 g/mol. The third kappa shape index (κ3) is 3.34. The minimum atomic E-state index is -0.519. The smallest absolute Gasteiger partial charge is 0.257 e. The lowest BCUT2D eigenvalue weighted by atomic mass is 10.1. The first-order valence-electron chi connectivity index (χ1n) is 8.97. The molecule has 2 aromatic carbocycles. The van der Waals surface area contributed by atoms with Crippen molar-refractivity contribution in [2.24, 2.45) is 4.99 Å².